The summed E-state index contributed by atoms with van der Waals surface area (Å²) in [5.74, 6) is -1.21. The zero-order chi connectivity index (χ0) is 24.2. The van der Waals surface area contributed by atoms with Gasteiger partial charge in [0.1, 0.15) is 0 Å². The first kappa shape index (κ1) is 23.8. The van der Waals surface area contributed by atoms with Crippen LogP contribution in [-0.2, 0) is 4.79 Å². The molecule has 10 heteroatoms. The van der Waals surface area contributed by atoms with Crippen LogP contribution >= 0.6 is 22.9 Å². The summed E-state index contributed by atoms with van der Waals surface area (Å²) in [6, 6.07) is 12.6. The molecular weight excluding hydrogens is 474 g/mol. The van der Waals surface area contributed by atoms with E-state index in [9.17, 15) is 14.4 Å². The highest BCUT2D eigenvalue weighted by atomic mass is 35.5. The van der Waals surface area contributed by atoms with Gasteiger partial charge in [-0.15, -0.1) is 10.2 Å². The molecule has 1 unspecified atom stereocenters. The zero-order valence-electron chi connectivity index (χ0n) is 18.8. The number of hydrogen-bond donors (Lipinski definition) is 2. The van der Waals surface area contributed by atoms with Crippen LogP contribution in [0.15, 0.2) is 42.5 Å². The molecule has 8 nitrogen and oxygen atoms in total. The molecule has 3 aromatic rings. The van der Waals surface area contributed by atoms with Crippen molar-refractivity contribution in [2.45, 2.75) is 26.7 Å². The Hall–Kier alpha value is -3.30. The van der Waals surface area contributed by atoms with E-state index in [2.05, 4.69) is 20.8 Å². The van der Waals surface area contributed by atoms with E-state index >= 15 is 0 Å². The highest BCUT2D eigenvalue weighted by molar-refractivity contribution is 7.15. The smallest absolute Gasteiger partial charge is 0.286 e. The van der Waals surface area contributed by atoms with E-state index in [1.165, 1.54) is 0 Å². The van der Waals surface area contributed by atoms with Crippen molar-refractivity contribution in [3.8, 4) is 0 Å². The molecule has 2 N–H and O–H groups in total. The second kappa shape index (κ2) is 10.3. The molecule has 2 heterocycles. The first-order valence-corrected chi connectivity index (χ1v) is 12.1. The number of anilines is 2. The van der Waals surface area contributed by atoms with Crippen LogP contribution in [0.1, 0.15) is 43.6 Å². The SMILES string of the molecule is Cc1ccc(C)c(NC(=O)C2CCCN(C(=O)c3nnc(C(=O)Nc4ccc(Cl)cc4)s3)C2)c1. The first-order chi connectivity index (χ1) is 16.3. The van der Waals surface area contributed by atoms with E-state index in [1.807, 2.05) is 32.0 Å². The van der Waals surface area contributed by atoms with E-state index in [-0.39, 0.29) is 27.7 Å². The van der Waals surface area contributed by atoms with Gasteiger partial charge in [-0.05, 0) is 68.1 Å². The van der Waals surface area contributed by atoms with Gasteiger partial charge in [-0.3, -0.25) is 14.4 Å². The number of piperidine rings is 1. The number of nitrogens with zero attached hydrogens (tertiary/aromatic N) is 3. The number of carbonyl (C=O) groups is 3. The summed E-state index contributed by atoms with van der Waals surface area (Å²) in [4.78, 5) is 40.0. The van der Waals surface area contributed by atoms with Crippen LogP contribution in [0.4, 0.5) is 11.4 Å². The molecular formula is C24H24ClN5O3S. The Morgan fingerprint density at radius 1 is 1.03 bits per heavy atom. The molecule has 0 saturated carbocycles. The second-order valence-electron chi connectivity index (χ2n) is 8.27. The third-order valence-corrected chi connectivity index (χ3v) is 6.80. The largest absolute Gasteiger partial charge is 0.336 e. The number of amides is 3. The first-order valence-electron chi connectivity index (χ1n) is 10.9. The predicted octanol–water partition coefficient (Wildman–Crippen LogP) is 4.55. The molecule has 2 aromatic carbocycles. The van der Waals surface area contributed by atoms with Crippen LogP contribution in [0.5, 0.6) is 0 Å². The molecule has 3 amide bonds. The fourth-order valence-electron chi connectivity index (χ4n) is 3.74. The summed E-state index contributed by atoms with van der Waals surface area (Å²) in [6.45, 7) is 4.74. The van der Waals surface area contributed by atoms with Gasteiger partial charge < -0.3 is 15.5 Å². The van der Waals surface area contributed by atoms with Crippen molar-refractivity contribution in [1.82, 2.24) is 15.1 Å². The summed E-state index contributed by atoms with van der Waals surface area (Å²) in [5, 5.41) is 14.3. The number of hydrogen-bond acceptors (Lipinski definition) is 6. The minimum Gasteiger partial charge on any atom is -0.336 e. The number of carbonyl (C=O) groups excluding carboxylic acids is 3. The number of aromatic nitrogens is 2. The summed E-state index contributed by atoms with van der Waals surface area (Å²) < 4.78 is 0. The standard InChI is InChI=1S/C24H24ClN5O3S/c1-14-5-6-15(2)19(12-14)27-20(31)16-4-3-11-30(13-16)24(33)23-29-28-22(34-23)21(32)26-18-9-7-17(25)8-10-18/h5-10,12,16H,3-4,11,13H2,1-2H3,(H,26,32)(H,27,31). The third-order valence-electron chi connectivity index (χ3n) is 5.63. The Bertz CT molecular complexity index is 1230. The van der Waals surface area contributed by atoms with Crippen LogP contribution in [0, 0.1) is 19.8 Å². The van der Waals surface area contributed by atoms with Crippen LogP contribution in [0.25, 0.3) is 0 Å². The van der Waals surface area contributed by atoms with Gasteiger partial charge in [0, 0.05) is 29.5 Å². The second-order valence-corrected chi connectivity index (χ2v) is 9.69. The van der Waals surface area contributed by atoms with Gasteiger partial charge in [0.25, 0.3) is 11.8 Å². The lowest BCUT2D eigenvalue weighted by molar-refractivity contribution is -0.121. The lowest BCUT2D eigenvalue weighted by Gasteiger charge is -2.31. The van der Waals surface area contributed by atoms with Crippen molar-refractivity contribution in [3.63, 3.8) is 0 Å². The average Bonchev–Trinajstić information content (AvgIpc) is 3.33. The molecule has 4 rings (SSSR count). The lowest BCUT2D eigenvalue weighted by atomic mass is 9.96. The van der Waals surface area contributed by atoms with E-state index < -0.39 is 5.91 Å². The topological polar surface area (TPSA) is 104 Å². The molecule has 1 atom stereocenters. The summed E-state index contributed by atoms with van der Waals surface area (Å²) in [5.41, 5.74) is 3.40. The van der Waals surface area contributed by atoms with Crippen molar-refractivity contribution in [2.75, 3.05) is 23.7 Å². The summed E-state index contributed by atoms with van der Waals surface area (Å²) in [6.07, 6.45) is 1.41. The van der Waals surface area contributed by atoms with Crippen LogP contribution in [0.2, 0.25) is 5.02 Å². The van der Waals surface area contributed by atoms with E-state index in [0.29, 0.717) is 36.6 Å². The van der Waals surface area contributed by atoms with E-state index in [0.717, 1.165) is 28.2 Å². The van der Waals surface area contributed by atoms with Gasteiger partial charge in [0.2, 0.25) is 15.9 Å². The monoisotopic (exact) mass is 497 g/mol. The van der Waals surface area contributed by atoms with Crippen molar-refractivity contribution >= 4 is 52.0 Å². The van der Waals surface area contributed by atoms with Gasteiger partial charge in [-0.2, -0.15) is 0 Å². The number of aryl methyl sites for hydroxylation is 2. The predicted molar refractivity (Wildman–Crippen MR) is 132 cm³/mol. The number of benzene rings is 2. The van der Waals surface area contributed by atoms with Gasteiger partial charge in [0.05, 0.1) is 5.92 Å². The van der Waals surface area contributed by atoms with Crippen molar-refractivity contribution in [3.05, 3.63) is 68.6 Å². The molecule has 1 aliphatic rings. The molecule has 0 radical (unpaired) electrons. The molecule has 176 valence electrons. The Morgan fingerprint density at radius 3 is 2.53 bits per heavy atom. The zero-order valence-corrected chi connectivity index (χ0v) is 20.4. The molecule has 1 saturated heterocycles. The Morgan fingerprint density at radius 2 is 1.76 bits per heavy atom. The number of rotatable bonds is 5. The Kier molecular flexibility index (Phi) is 7.23. The van der Waals surface area contributed by atoms with Crippen molar-refractivity contribution < 1.29 is 14.4 Å². The third kappa shape index (κ3) is 5.60. The maximum Gasteiger partial charge on any atom is 0.286 e. The number of halogens is 1. The van der Waals surface area contributed by atoms with E-state index in [1.54, 1.807) is 29.2 Å². The highest BCUT2D eigenvalue weighted by Gasteiger charge is 2.31. The van der Waals surface area contributed by atoms with Crippen molar-refractivity contribution in [1.29, 1.82) is 0 Å². The summed E-state index contributed by atoms with van der Waals surface area (Å²) >= 11 is 6.79. The average molecular weight is 498 g/mol. The fourth-order valence-corrected chi connectivity index (χ4v) is 4.57. The van der Waals surface area contributed by atoms with Gasteiger partial charge in [0.15, 0.2) is 0 Å². The van der Waals surface area contributed by atoms with E-state index in [4.69, 9.17) is 11.6 Å². The Labute approximate surface area is 206 Å². The van der Waals surface area contributed by atoms with Crippen molar-refractivity contribution in [2.24, 2.45) is 5.92 Å². The molecule has 0 aliphatic carbocycles. The van der Waals surface area contributed by atoms with Crippen LogP contribution in [0.3, 0.4) is 0 Å². The maximum absolute atomic E-state index is 13.0. The normalized spacial score (nSPS) is 15.6. The molecule has 0 bridgehead atoms. The number of likely N-dealkylation sites (tertiary alicyclic amines) is 1. The highest BCUT2D eigenvalue weighted by Crippen LogP contribution is 2.24. The Balaban J connectivity index is 1.38. The van der Waals surface area contributed by atoms with Gasteiger partial charge in [-0.1, -0.05) is 35.1 Å². The quantitative estimate of drug-likeness (QED) is 0.538. The minimum absolute atomic E-state index is 0.0829. The number of nitrogens with one attached hydrogen (secondary N) is 2. The van der Waals surface area contributed by atoms with Gasteiger partial charge >= 0.3 is 0 Å². The molecule has 0 spiro atoms. The summed E-state index contributed by atoms with van der Waals surface area (Å²) in [7, 11) is 0. The fraction of sp³-hybridized carbons (Fsp3) is 0.292. The maximum atomic E-state index is 13.0. The van der Waals surface area contributed by atoms with Crippen LogP contribution in [-0.4, -0.2) is 45.9 Å². The minimum atomic E-state index is -0.455. The van der Waals surface area contributed by atoms with Crippen LogP contribution < -0.4 is 10.6 Å². The molecule has 34 heavy (non-hydrogen) atoms. The molecule has 1 aliphatic heterocycles. The molecule has 1 fully saturated rings. The lowest BCUT2D eigenvalue weighted by Crippen LogP contribution is -2.43. The molecule has 1 aromatic heterocycles. The van der Waals surface area contributed by atoms with Gasteiger partial charge in [-0.25, -0.2) is 0 Å².